The van der Waals surface area contributed by atoms with Crippen molar-refractivity contribution in [1.29, 1.82) is 0 Å². The fourth-order valence-corrected chi connectivity index (χ4v) is 3.61. The summed E-state index contributed by atoms with van der Waals surface area (Å²) in [6, 6.07) is 13.6. The first-order valence-corrected chi connectivity index (χ1v) is 10.0. The number of amides is 2. The monoisotopic (exact) mass is 439 g/mol. The van der Waals surface area contributed by atoms with E-state index in [4.69, 9.17) is 4.42 Å². The summed E-state index contributed by atoms with van der Waals surface area (Å²) in [5.41, 5.74) is 1.07. The summed E-state index contributed by atoms with van der Waals surface area (Å²) in [7, 11) is 0. The molecule has 0 atom stereocenters. The summed E-state index contributed by atoms with van der Waals surface area (Å²) >= 11 is 1.14. The van der Waals surface area contributed by atoms with E-state index in [1.807, 2.05) is 0 Å². The molecule has 2 aromatic heterocycles. The maximum atomic E-state index is 14.5. The van der Waals surface area contributed by atoms with Crippen LogP contribution in [0.15, 0.2) is 70.7 Å². The second-order valence-electron chi connectivity index (χ2n) is 6.48. The average Bonchev–Trinajstić information content (AvgIpc) is 3.43. The van der Waals surface area contributed by atoms with Crippen molar-refractivity contribution in [3.05, 3.63) is 89.3 Å². The molecular formula is C22H15F2N3O3S. The summed E-state index contributed by atoms with van der Waals surface area (Å²) < 4.78 is 33.2. The van der Waals surface area contributed by atoms with E-state index in [1.54, 1.807) is 41.8 Å². The van der Waals surface area contributed by atoms with Crippen molar-refractivity contribution in [2.45, 2.75) is 6.42 Å². The summed E-state index contributed by atoms with van der Waals surface area (Å²) in [5.74, 6) is -2.48. The van der Waals surface area contributed by atoms with Gasteiger partial charge in [-0.2, -0.15) is 0 Å². The summed E-state index contributed by atoms with van der Waals surface area (Å²) in [6.45, 7) is 0. The lowest BCUT2D eigenvalue weighted by atomic mass is 10.0. The van der Waals surface area contributed by atoms with Gasteiger partial charge in [0.05, 0.1) is 24.1 Å². The molecule has 0 aliphatic carbocycles. The van der Waals surface area contributed by atoms with Gasteiger partial charge in [-0.1, -0.05) is 30.3 Å². The molecule has 0 bridgehead atoms. The van der Waals surface area contributed by atoms with Crippen LogP contribution in [0.2, 0.25) is 0 Å². The van der Waals surface area contributed by atoms with Gasteiger partial charge in [-0.3, -0.25) is 14.9 Å². The number of benzene rings is 2. The number of furan rings is 1. The zero-order chi connectivity index (χ0) is 21.8. The average molecular weight is 439 g/mol. The summed E-state index contributed by atoms with van der Waals surface area (Å²) in [4.78, 5) is 28.7. The maximum absolute atomic E-state index is 14.5. The van der Waals surface area contributed by atoms with Crippen LogP contribution in [0.1, 0.15) is 16.2 Å². The zero-order valence-corrected chi connectivity index (χ0v) is 16.7. The third-order valence-corrected chi connectivity index (χ3v) is 5.07. The molecule has 0 unspecified atom stereocenters. The molecule has 0 saturated carbocycles. The van der Waals surface area contributed by atoms with Gasteiger partial charge in [0.2, 0.25) is 5.91 Å². The van der Waals surface area contributed by atoms with Gasteiger partial charge >= 0.3 is 0 Å². The minimum Gasteiger partial charge on any atom is -0.459 e. The molecule has 0 spiro atoms. The summed E-state index contributed by atoms with van der Waals surface area (Å²) in [5, 5.41) is 6.98. The van der Waals surface area contributed by atoms with Crippen LogP contribution in [0.25, 0.3) is 11.1 Å². The third kappa shape index (κ3) is 4.84. The van der Waals surface area contributed by atoms with Gasteiger partial charge in [-0.15, -0.1) is 11.3 Å². The Labute approximate surface area is 179 Å². The second kappa shape index (κ2) is 8.88. The molecule has 0 aliphatic heterocycles. The molecule has 0 aliphatic rings. The lowest BCUT2D eigenvalue weighted by Crippen LogP contribution is -2.17. The number of halogens is 2. The predicted octanol–water partition coefficient (Wildman–Crippen LogP) is 5.11. The fraction of sp³-hybridized carbons (Fsp3) is 0.0455. The van der Waals surface area contributed by atoms with Crippen LogP contribution < -0.4 is 10.6 Å². The number of anilines is 2. The van der Waals surface area contributed by atoms with Crippen LogP contribution in [-0.2, 0) is 11.2 Å². The van der Waals surface area contributed by atoms with Gasteiger partial charge in [0.25, 0.3) is 5.91 Å². The Morgan fingerprint density at radius 2 is 1.84 bits per heavy atom. The van der Waals surface area contributed by atoms with E-state index in [0.29, 0.717) is 22.5 Å². The van der Waals surface area contributed by atoms with Crippen molar-refractivity contribution >= 4 is 34.0 Å². The first-order chi connectivity index (χ1) is 15.0. The molecule has 0 radical (unpaired) electrons. The Morgan fingerprint density at radius 3 is 2.58 bits per heavy atom. The van der Waals surface area contributed by atoms with Crippen LogP contribution in [0.5, 0.6) is 0 Å². The van der Waals surface area contributed by atoms with Gasteiger partial charge in [0.15, 0.2) is 10.9 Å². The Morgan fingerprint density at radius 1 is 1.03 bits per heavy atom. The number of carbonyl (C=O) groups excluding carboxylic acids is 2. The molecule has 31 heavy (non-hydrogen) atoms. The predicted molar refractivity (Wildman–Crippen MR) is 113 cm³/mol. The Bertz CT molecular complexity index is 1220. The number of carbonyl (C=O) groups is 2. The van der Waals surface area contributed by atoms with Crippen LogP contribution in [0.3, 0.4) is 0 Å². The standard InChI is InChI=1S/C22H15F2N3O3S/c23-14-9-16(13-5-2-1-3-6-13)20(17(24)10-14)26-19(28)11-15-12-31-22(25-15)27-21(29)18-7-4-8-30-18/h1-10,12H,11H2,(H,26,28)(H,25,27,29). The highest BCUT2D eigenvalue weighted by atomic mass is 32.1. The van der Waals surface area contributed by atoms with Crippen molar-refractivity contribution in [3.8, 4) is 11.1 Å². The number of hydrogen-bond donors (Lipinski definition) is 2. The van der Waals surface area contributed by atoms with Gasteiger partial charge < -0.3 is 9.73 Å². The third-order valence-electron chi connectivity index (χ3n) is 4.26. The molecule has 4 rings (SSSR count). The molecule has 2 aromatic carbocycles. The first kappa shape index (κ1) is 20.4. The molecule has 2 heterocycles. The minimum atomic E-state index is -0.878. The lowest BCUT2D eigenvalue weighted by molar-refractivity contribution is -0.115. The molecule has 2 amide bonds. The number of nitrogens with zero attached hydrogens (tertiary/aromatic N) is 1. The fourth-order valence-electron chi connectivity index (χ4n) is 2.91. The molecule has 0 saturated heterocycles. The number of thiazole rings is 1. The smallest absolute Gasteiger partial charge is 0.293 e. The highest BCUT2D eigenvalue weighted by Crippen LogP contribution is 2.31. The molecule has 6 nitrogen and oxygen atoms in total. The van der Waals surface area contributed by atoms with Crippen LogP contribution in [-0.4, -0.2) is 16.8 Å². The van der Waals surface area contributed by atoms with Gasteiger partial charge in [-0.25, -0.2) is 13.8 Å². The van der Waals surface area contributed by atoms with E-state index in [9.17, 15) is 18.4 Å². The van der Waals surface area contributed by atoms with E-state index in [1.165, 1.54) is 18.4 Å². The van der Waals surface area contributed by atoms with Gasteiger partial charge in [0.1, 0.15) is 11.6 Å². The van der Waals surface area contributed by atoms with Crippen LogP contribution in [0.4, 0.5) is 19.6 Å². The van der Waals surface area contributed by atoms with Crippen LogP contribution >= 0.6 is 11.3 Å². The zero-order valence-electron chi connectivity index (χ0n) is 15.9. The molecular weight excluding hydrogens is 424 g/mol. The normalized spacial score (nSPS) is 10.6. The van der Waals surface area contributed by atoms with E-state index >= 15 is 0 Å². The molecule has 9 heteroatoms. The van der Waals surface area contributed by atoms with E-state index in [2.05, 4.69) is 15.6 Å². The molecule has 0 fully saturated rings. The number of hydrogen-bond acceptors (Lipinski definition) is 5. The molecule has 2 N–H and O–H groups in total. The number of aromatic nitrogens is 1. The van der Waals surface area contributed by atoms with Crippen molar-refractivity contribution in [2.75, 3.05) is 10.6 Å². The Hall–Kier alpha value is -3.85. The number of nitrogens with one attached hydrogen (secondary N) is 2. The van der Waals surface area contributed by atoms with Crippen molar-refractivity contribution < 1.29 is 22.8 Å². The van der Waals surface area contributed by atoms with Gasteiger partial charge in [0, 0.05) is 17.0 Å². The van der Waals surface area contributed by atoms with Crippen molar-refractivity contribution in [2.24, 2.45) is 0 Å². The van der Waals surface area contributed by atoms with Crippen molar-refractivity contribution in [3.63, 3.8) is 0 Å². The van der Waals surface area contributed by atoms with E-state index < -0.39 is 23.4 Å². The quantitative estimate of drug-likeness (QED) is 0.437. The first-order valence-electron chi connectivity index (χ1n) is 9.13. The Balaban J connectivity index is 1.47. The van der Waals surface area contributed by atoms with E-state index in [0.717, 1.165) is 11.3 Å². The van der Waals surface area contributed by atoms with Gasteiger partial charge in [-0.05, 0) is 23.8 Å². The van der Waals surface area contributed by atoms with Crippen molar-refractivity contribution in [1.82, 2.24) is 4.98 Å². The largest absolute Gasteiger partial charge is 0.459 e. The highest BCUT2D eigenvalue weighted by molar-refractivity contribution is 7.14. The minimum absolute atomic E-state index is 0.112. The molecule has 4 aromatic rings. The lowest BCUT2D eigenvalue weighted by Gasteiger charge is -2.12. The second-order valence-corrected chi connectivity index (χ2v) is 7.33. The highest BCUT2D eigenvalue weighted by Gasteiger charge is 2.17. The molecule has 156 valence electrons. The SMILES string of the molecule is O=C(Cc1csc(NC(=O)c2ccco2)n1)Nc1c(F)cc(F)cc1-c1ccccc1. The van der Waals surface area contributed by atoms with Crippen LogP contribution in [0, 0.1) is 11.6 Å². The maximum Gasteiger partial charge on any atom is 0.293 e. The Kier molecular flexibility index (Phi) is 5.85. The topological polar surface area (TPSA) is 84.2 Å². The number of rotatable bonds is 6. The van der Waals surface area contributed by atoms with E-state index in [-0.39, 0.29) is 23.4 Å². The summed E-state index contributed by atoms with van der Waals surface area (Å²) in [6.07, 6.45) is 1.23.